The summed E-state index contributed by atoms with van der Waals surface area (Å²) < 4.78 is 0. The maximum absolute atomic E-state index is 6.26. The number of aromatic nitrogens is 1. The summed E-state index contributed by atoms with van der Waals surface area (Å²) in [5.41, 5.74) is 6.70. The topological polar surface area (TPSA) is 50.9 Å². The largest absolute Gasteiger partial charge is 0.323 e. The number of hydrazine groups is 1. The van der Waals surface area contributed by atoms with Gasteiger partial charge in [-0.1, -0.05) is 11.6 Å². The number of hydrogen-bond acceptors (Lipinski definition) is 3. The number of aryl methyl sites for hydroxylation is 1. The van der Waals surface area contributed by atoms with Crippen LogP contribution in [0.4, 0.5) is 5.69 Å². The van der Waals surface area contributed by atoms with E-state index in [9.17, 15) is 0 Å². The number of pyridine rings is 1. The first-order valence-corrected chi connectivity index (χ1v) is 6.14. The number of nitrogen functional groups attached to an aromatic ring is 1. The predicted octanol–water partition coefficient (Wildman–Crippen LogP) is 3.36. The Morgan fingerprint density at radius 2 is 2.12 bits per heavy atom. The summed E-state index contributed by atoms with van der Waals surface area (Å²) >= 11 is 6.26. The van der Waals surface area contributed by atoms with Crippen LogP contribution in [0.5, 0.6) is 0 Å². The maximum Gasteiger partial charge on any atom is 0.0913 e. The lowest BCUT2D eigenvalue weighted by Gasteiger charge is -2.10. The minimum absolute atomic E-state index is 0.587. The Bertz CT molecular complexity index is 591. The van der Waals surface area contributed by atoms with E-state index in [2.05, 4.69) is 16.5 Å². The van der Waals surface area contributed by atoms with Crippen LogP contribution in [-0.2, 0) is 0 Å². The number of rotatable bonds is 2. The van der Waals surface area contributed by atoms with Gasteiger partial charge in [-0.25, -0.2) is 0 Å². The second-order valence-corrected chi connectivity index (χ2v) is 5.06. The summed E-state index contributed by atoms with van der Waals surface area (Å²) in [6.45, 7) is 2.01. The number of nitrogens with two attached hydrogens (primary N) is 1. The molecule has 0 radical (unpaired) electrons. The van der Waals surface area contributed by atoms with Crippen LogP contribution in [0.3, 0.4) is 0 Å². The van der Waals surface area contributed by atoms with E-state index < -0.39 is 0 Å². The van der Waals surface area contributed by atoms with Gasteiger partial charge in [0.2, 0.25) is 0 Å². The Kier molecular flexibility index (Phi) is 2.45. The molecule has 0 saturated heterocycles. The fraction of sp³-hybridized carbons (Fsp3) is 0.308. The van der Waals surface area contributed by atoms with Crippen LogP contribution in [0.15, 0.2) is 18.2 Å². The molecule has 1 aromatic heterocycles. The Hall–Kier alpha value is -1.32. The van der Waals surface area contributed by atoms with Gasteiger partial charge in [-0.05, 0) is 43.5 Å². The van der Waals surface area contributed by atoms with Crippen molar-refractivity contribution in [3.8, 4) is 0 Å². The fourth-order valence-electron chi connectivity index (χ4n) is 2.15. The molecule has 0 atom stereocenters. The van der Waals surface area contributed by atoms with E-state index in [-0.39, 0.29) is 0 Å². The van der Waals surface area contributed by atoms with Crippen LogP contribution < -0.4 is 11.3 Å². The van der Waals surface area contributed by atoms with Gasteiger partial charge in [0.1, 0.15) is 0 Å². The Morgan fingerprint density at radius 1 is 1.35 bits per heavy atom. The van der Waals surface area contributed by atoms with E-state index in [1.165, 1.54) is 12.8 Å². The van der Waals surface area contributed by atoms with E-state index >= 15 is 0 Å². The molecule has 1 aliphatic rings. The third-order valence-corrected chi connectivity index (χ3v) is 3.47. The minimum atomic E-state index is 0.587. The molecule has 0 bridgehead atoms. The molecule has 1 fully saturated rings. The van der Waals surface area contributed by atoms with E-state index in [4.69, 9.17) is 17.4 Å². The Labute approximate surface area is 105 Å². The Balaban J connectivity index is 2.31. The molecule has 0 amide bonds. The quantitative estimate of drug-likeness (QED) is 0.632. The third kappa shape index (κ3) is 1.85. The van der Waals surface area contributed by atoms with Crippen molar-refractivity contribution in [1.29, 1.82) is 0 Å². The van der Waals surface area contributed by atoms with Crippen LogP contribution in [0.2, 0.25) is 5.02 Å². The lowest BCUT2D eigenvalue weighted by atomic mass is 10.1. The lowest BCUT2D eigenvalue weighted by Crippen LogP contribution is -2.08. The minimum Gasteiger partial charge on any atom is -0.323 e. The van der Waals surface area contributed by atoms with Gasteiger partial charge in [0, 0.05) is 17.0 Å². The molecule has 1 aliphatic carbocycles. The smallest absolute Gasteiger partial charge is 0.0913 e. The SMILES string of the molecule is Cc1cc(Cl)c2nc(C3CC3)cc(NN)c2c1. The van der Waals surface area contributed by atoms with Crippen molar-refractivity contribution in [2.45, 2.75) is 25.7 Å². The molecule has 2 aromatic rings. The lowest BCUT2D eigenvalue weighted by molar-refractivity contribution is 1.04. The summed E-state index contributed by atoms with van der Waals surface area (Å²) in [7, 11) is 0. The maximum atomic E-state index is 6.26. The molecule has 1 saturated carbocycles. The predicted molar refractivity (Wildman–Crippen MR) is 71.3 cm³/mol. The van der Waals surface area contributed by atoms with Gasteiger partial charge in [-0.2, -0.15) is 0 Å². The van der Waals surface area contributed by atoms with E-state index in [0.717, 1.165) is 27.8 Å². The summed E-state index contributed by atoms with van der Waals surface area (Å²) in [5, 5.41) is 1.68. The van der Waals surface area contributed by atoms with E-state index in [1.54, 1.807) is 0 Å². The third-order valence-electron chi connectivity index (χ3n) is 3.18. The monoisotopic (exact) mass is 247 g/mol. The number of anilines is 1. The van der Waals surface area contributed by atoms with Crippen molar-refractivity contribution in [3.05, 3.63) is 34.5 Å². The molecule has 3 nitrogen and oxygen atoms in total. The molecule has 4 heteroatoms. The molecule has 17 heavy (non-hydrogen) atoms. The van der Waals surface area contributed by atoms with Gasteiger partial charge in [-0.3, -0.25) is 10.8 Å². The molecule has 1 heterocycles. The summed E-state index contributed by atoms with van der Waals surface area (Å²) in [5.74, 6) is 6.17. The molecule has 0 aliphatic heterocycles. The highest BCUT2D eigenvalue weighted by molar-refractivity contribution is 6.35. The summed E-state index contributed by atoms with van der Waals surface area (Å²) in [6.07, 6.45) is 2.43. The number of halogens is 1. The van der Waals surface area contributed by atoms with Crippen molar-refractivity contribution in [3.63, 3.8) is 0 Å². The first-order valence-electron chi connectivity index (χ1n) is 5.76. The molecule has 1 aromatic carbocycles. The van der Waals surface area contributed by atoms with Gasteiger partial charge >= 0.3 is 0 Å². The molecular weight excluding hydrogens is 234 g/mol. The van der Waals surface area contributed by atoms with Crippen LogP contribution in [0, 0.1) is 6.92 Å². The molecule has 0 unspecified atom stereocenters. The molecule has 3 rings (SSSR count). The van der Waals surface area contributed by atoms with E-state index in [1.807, 2.05) is 19.1 Å². The van der Waals surface area contributed by atoms with Crippen LogP contribution in [-0.4, -0.2) is 4.98 Å². The number of nitrogens with zero attached hydrogens (tertiary/aromatic N) is 1. The van der Waals surface area contributed by atoms with Crippen LogP contribution in [0.25, 0.3) is 10.9 Å². The standard InChI is InChI=1S/C13H14ClN3/c1-7-4-9-12(17-15)6-11(8-2-3-8)16-13(9)10(14)5-7/h4-6,8H,2-3,15H2,1H3,(H,16,17). The molecule has 0 spiro atoms. The van der Waals surface area contributed by atoms with E-state index in [0.29, 0.717) is 10.9 Å². The average Bonchev–Trinajstić information content (AvgIpc) is 3.11. The van der Waals surface area contributed by atoms with Gasteiger partial charge in [-0.15, -0.1) is 0 Å². The van der Waals surface area contributed by atoms with Gasteiger partial charge in [0.15, 0.2) is 0 Å². The summed E-state index contributed by atoms with van der Waals surface area (Å²) in [6, 6.07) is 6.03. The van der Waals surface area contributed by atoms with Crippen LogP contribution >= 0.6 is 11.6 Å². The summed E-state index contributed by atoms with van der Waals surface area (Å²) in [4.78, 5) is 4.66. The second kappa shape index (κ2) is 3.86. The Morgan fingerprint density at radius 3 is 2.76 bits per heavy atom. The van der Waals surface area contributed by atoms with Crippen molar-refractivity contribution in [2.24, 2.45) is 5.84 Å². The normalized spacial score (nSPS) is 15.2. The van der Waals surface area contributed by atoms with Gasteiger partial charge in [0.25, 0.3) is 0 Å². The first-order chi connectivity index (χ1) is 8.19. The fourth-order valence-corrected chi connectivity index (χ4v) is 2.46. The van der Waals surface area contributed by atoms with Gasteiger partial charge in [0.05, 0.1) is 16.2 Å². The number of hydrogen-bond donors (Lipinski definition) is 2. The highest BCUT2D eigenvalue weighted by Crippen LogP contribution is 2.41. The molecule has 3 N–H and O–H groups in total. The van der Waals surface area contributed by atoms with Crippen molar-refractivity contribution in [2.75, 3.05) is 5.43 Å². The zero-order valence-electron chi connectivity index (χ0n) is 9.63. The molecular formula is C13H14ClN3. The highest BCUT2D eigenvalue weighted by atomic mass is 35.5. The van der Waals surface area contributed by atoms with Crippen LogP contribution in [0.1, 0.15) is 30.0 Å². The number of nitrogens with one attached hydrogen (secondary N) is 1. The zero-order valence-corrected chi connectivity index (χ0v) is 10.4. The first kappa shape index (κ1) is 10.8. The second-order valence-electron chi connectivity index (χ2n) is 4.66. The highest BCUT2D eigenvalue weighted by Gasteiger charge is 2.26. The average molecular weight is 248 g/mol. The van der Waals surface area contributed by atoms with Crippen molar-refractivity contribution < 1.29 is 0 Å². The van der Waals surface area contributed by atoms with Crippen molar-refractivity contribution >= 4 is 28.2 Å². The zero-order chi connectivity index (χ0) is 12.0. The van der Waals surface area contributed by atoms with Crippen molar-refractivity contribution in [1.82, 2.24) is 4.98 Å². The number of fused-ring (bicyclic) bond motifs is 1. The van der Waals surface area contributed by atoms with Gasteiger partial charge < -0.3 is 5.43 Å². The molecule has 88 valence electrons. The number of benzene rings is 1.